The molecule has 0 saturated heterocycles. The lowest BCUT2D eigenvalue weighted by atomic mass is 10.0. The van der Waals surface area contributed by atoms with Gasteiger partial charge in [0.25, 0.3) is 11.6 Å². The summed E-state index contributed by atoms with van der Waals surface area (Å²) in [6, 6.07) is 7.16. The second-order valence-electron chi connectivity index (χ2n) is 6.75. The number of aromatic nitrogens is 1. The van der Waals surface area contributed by atoms with Gasteiger partial charge in [-0.15, -0.1) is 11.3 Å². The van der Waals surface area contributed by atoms with E-state index < -0.39 is 26.7 Å². The summed E-state index contributed by atoms with van der Waals surface area (Å²) >= 11 is 14.2. The van der Waals surface area contributed by atoms with Crippen molar-refractivity contribution in [3.8, 4) is 0 Å². The SMILES string of the molecule is O=C(NC1CCS(=O)(=O)c2ccccc21)c1cc([N+](=O)[O-])c(Sc2c(Cl)cncc2Cl)s1. The van der Waals surface area contributed by atoms with Crippen LogP contribution in [0.15, 0.2) is 56.7 Å². The van der Waals surface area contributed by atoms with Gasteiger partial charge in [0, 0.05) is 18.5 Å². The molecule has 1 atom stereocenters. The van der Waals surface area contributed by atoms with Gasteiger partial charge in [-0.2, -0.15) is 0 Å². The number of nitrogens with one attached hydrogen (secondary N) is 1. The van der Waals surface area contributed by atoms with Crippen LogP contribution in [0.4, 0.5) is 5.69 Å². The topological polar surface area (TPSA) is 119 Å². The molecular formula is C19H13Cl2N3O5S3. The normalized spacial score (nSPS) is 16.9. The number of amides is 1. The first-order chi connectivity index (χ1) is 15.2. The summed E-state index contributed by atoms with van der Waals surface area (Å²) in [6.07, 6.45) is 2.96. The van der Waals surface area contributed by atoms with E-state index in [4.69, 9.17) is 23.2 Å². The third-order valence-electron chi connectivity index (χ3n) is 4.71. The predicted molar refractivity (Wildman–Crippen MR) is 123 cm³/mol. The molecule has 2 aromatic heterocycles. The van der Waals surface area contributed by atoms with Gasteiger partial charge in [0.2, 0.25) is 0 Å². The van der Waals surface area contributed by atoms with Gasteiger partial charge < -0.3 is 5.32 Å². The first-order valence-corrected chi connectivity index (χ1v) is 13.1. The maximum Gasteiger partial charge on any atom is 0.294 e. The Morgan fingerprint density at radius 3 is 2.62 bits per heavy atom. The number of rotatable bonds is 5. The molecule has 1 unspecified atom stereocenters. The molecule has 1 aliphatic rings. The van der Waals surface area contributed by atoms with E-state index in [1.165, 1.54) is 24.5 Å². The summed E-state index contributed by atoms with van der Waals surface area (Å²) in [6.45, 7) is 0. The van der Waals surface area contributed by atoms with Crippen LogP contribution in [0.25, 0.3) is 0 Å². The maximum atomic E-state index is 12.9. The van der Waals surface area contributed by atoms with Crippen molar-refractivity contribution in [2.45, 2.75) is 26.5 Å². The summed E-state index contributed by atoms with van der Waals surface area (Å²) in [5, 5.41) is 14.8. The molecule has 0 fully saturated rings. The molecule has 0 radical (unpaired) electrons. The molecule has 8 nitrogen and oxygen atoms in total. The number of sulfone groups is 1. The van der Waals surface area contributed by atoms with Gasteiger partial charge in [-0.05, 0) is 18.1 Å². The van der Waals surface area contributed by atoms with Crippen molar-refractivity contribution < 1.29 is 18.1 Å². The van der Waals surface area contributed by atoms with Crippen LogP contribution in [0.2, 0.25) is 10.0 Å². The molecule has 1 N–H and O–H groups in total. The van der Waals surface area contributed by atoms with E-state index in [9.17, 15) is 23.3 Å². The van der Waals surface area contributed by atoms with Crippen molar-refractivity contribution in [2.24, 2.45) is 0 Å². The van der Waals surface area contributed by atoms with Crippen LogP contribution in [0, 0.1) is 10.1 Å². The van der Waals surface area contributed by atoms with Gasteiger partial charge in [0.1, 0.15) is 9.09 Å². The van der Waals surface area contributed by atoms with Crippen LogP contribution < -0.4 is 5.32 Å². The van der Waals surface area contributed by atoms with Gasteiger partial charge >= 0.3 is 0 Å². The minimum Gasteiger partial charge on any atom is -0.344 e. The van der Waals surface area contributed by atoms with Crippen molar-refractivity contribution in [2.75, 3.05) is 5.75 Å². The van der Waals surface area contributed by atoms with E-state index in [1.54, 1.807) is 18.2 Å². The molecule has 0 aliphatic carbocycles. The van der Waals surface area contributed by atoms with Crippen LogP contribution in [-0.2, 0) is 9.84 Å². The van der Waals surface area contributed by atoms with Gasteiger partial charge in [0.15, 0.2) is 9.84 Å². The highest BCUT2D eigenvalue weighted by molar-refractivity contribution is 8.01. The molecule has 1 aromatic carbocycles. The summed E-state index contributed by atoms with van der Waals surface area (Å²) in [5.41, 5.74) is 0.254. The molecule has 32 heavy (non-hydrogen) atoms. The highest BCUT2D eigenvalue weighted by Crippen LogP contribution is 2.45. The van der Waals surface area contributed by atoms with Crippen molar-refractivity contribution in [1.29, 1.82) is 0 Å². The lowest BCUT2D eigenvalue weighted by molar-refractivity contribution is -0.387. The van der Waals surface area contributed by atoms with Gasteiger partial charge in [0.05, 0.1) is 36.6 Å². The van der Waals surface area contributed by atoms with Crippen LogP contribution in [-0.4, -0.2) is 30.0 Å². The van der Waals surface area contributed by atoms with Gasteiger partial charge in [-0.25, -0.2) is 8.42 Å². The van der Waals surface area contributed by atoms with Gasteiger partial charge in [-0.1, -0.05) is 53.2 Å². The number of carbonyl (C=O) groups is 1. The summed E-state index contributed by atoms with van der Waals surface area (Å²) in [7, 11) is -3.40. The first kappa shape index (κ1) is 23.0. The number of pyridine rings is 1. The Bertz CT molecular complexity index is 1320. The first-order valence-electron chi connectivity index (χ1n) is 9.05. The Morgan fingerprint density at radius 2 is 1.94 bits per heavy atom. The standard InChI is InChI=1S/C19H13Cl2N3O5S3/c20-11-8-22-9-12(21)17(11)31-19-14(24(26)27)7-15(30-19)18(25)23-13-5-6-32(28,29)16-4-2-1-3-10(13)16/h1-4,7-9,13H,5-6H2,(H,23,25). The van der Waals surface area contributed by atoms with Crippen LogP contribution in [0.1, 0.15) is 27.7 Å². The Hall–Kier alpha value is -2.18. The van der Waals surface area contributed by atoms with E-state index in [0.717, 1.165) is 23.1 Å². The Labute approximate surface area is 201 Å². The number of nitro groups is 1. The minimum atomic E-state index is -3.40. The number of hydrogen-bond donors (Lipinski definition) is 1. The van der Waals surface area contributed by atoms with E-state index in [-0.39, 0.29) is 41.9 Å². The van der Waals surface area contributed by atoms with Crippen LogP contribution in [0.3, 0.4) is 0 Å². The van der Waals surface area contributed by atoms with Crippen molar-refractivity contribution in [3.63, 3.8) is 0 Å². The number of thiophene rings is 1. The summed E-state index contributed by atoms with van der Waals surface area (Å²) < 4.78 is 24.9. The lowest BCUT2D eigenvalue weighted by Gasteiger charge is -2.26. The van der Waals surface area contributed by atoms with Crippen molar-refractivity contribution in [3.05, 3.63) is 73.3 Å². The van der Waals surface area contributed by atoms with Gasteiger partial charge in [-0.3, -0.25) is 19.9 Å². The fourth-order valence-electron chi connectivity index (χ4n) is 3.24. The fourth-order valence-corrected chi connectivity index (χ4v) is 7.62. The molecule has 4 rings (SSSR count). The number of benzene rings is 1. The third kappa shape index (κ3) is 4.48. The van der Waals surface area contributed by atoms with E-state index >= 15 is 0 Å². The average Bonchev–Trinajstić information content (AvgIpc) is 3.18. The van der Waals surface area contributed by atoms with Crippen LogP contribution >= 0.6 is 46.3 Å². The molecule has 1 aliphatic heterocycles. The molecule has 0 saturated carbocycles. The highest BCUT2D eigenvalue weighted by atomic mass is 35.5. The molecule has 13 heteroatoms. The number of carbonyl (C=O) groups excluding carboxylic acids is 1. The van der Waals surface area contributed by atoms with E-state index in [0.29, 0.717) is 10.5 Å². The smallest absolute Gasteiger partial charge is 0.294 e. The Morgan fingerprint density at radius 1 is 1.25 bits per heavy atom. The molecule has 166 valence electrons. The summed E-state index contributed by atoms with van der Waals surface area (Å²) in [4.78, 5) is 28.5. The minimum absolute atomic E-state index is 0.0975. The largest absolute Gasteiger partial charge is 0.344 e. The molecule has 0 spiro atoms. The second kappa shape index (κ2) is 8.99. The van der Waals surface area contributed by atoms with E-state index in [2.05, 4.69) is 10.3 Å². The predicted octanol–water partition coefficient (Wildman–Crippen LogP) is 5.16. The molecule has 3 aromatic rings. The van der Waals surface area contributed by atoms with Crippen molar-refractivity contribution in [1.82, 2.24) is 10.3 Å². The molecule has 1 amide bonds. The maximum absolute atomic E-state index is 12.9. The van der Waals surface area contributed by atoms with Crippen LogP contribution in [0.5, 0.6) is 0 Å². The zero-order valence-corrected chi connectivity index (χ0v) is 19.9. The highest BCUT2D eigenvalue weighted by Gasteiger charge is 2.32. The zero-order valence-electron chi connectivity index (χ0n) is 15.9. The number of nitrogens with zero attached hydrogens (tertiary/aromatic N) is 2. The second-order valence-corrected chi connectivity index (χ2v) is 12.0. The molecular weight excluding hydrogens is 517 g/mol. The zero-order chi connectivity index (χ0) is 23.0. The summed E-state index contributed by atoms with van der Waals surface area (Å²) in [5.74, 6) is -0.629. The lowest BCUT2D eigenvalue weighted by Crippen LogP contribution is -2.33. The molecule has 3 heterocycles. The number of hydrogen-bond acceptors (Lipinski definition) is 8. The third-order valence-corrected chi connectivity index (χ3v) is 9.78. The quantitative estimate of drug-likeness (QED) is 0.358. The average molecular weight is 530 g/mol. The molecule has 0 bridgehead atoms. The number of fused-ring (bicyclic) bond motifs is 1. The Balaban J connectivity index is 1.63. The monoisotopic (exact) mass is 529 g/mol. The fraction of sp³-hybridized carbons (Fsp3) is 0.158. The Kier molecular flexibility index (Phi) is 6.46. The number of halogens is 2. The van der Waals surface area contributed by atoms with E-state index in [1.807, 2.05) is 0 Å². The van der Waals surface area contributed by atoms with Crippen molar-refractivity contribution >= 4 is 67.7 Å².